The smallest absolute Gasteiger partial charge is 0.194 e. The van der Waals surface area contributed by atoms with E-state index in [2.05, 4.69) is 118 Å². The van der Waals surface area contributed by atoms with Gasteiger partial charge in [0.15, 0.2) is 5.78 Å². The minimum absolute atomic E-state index is 0.0281. The molecule has 480 valence electrons. The highest BCUT2D eigenvalue weighted by Crippen LogP contribution is 2.54. The third-order valence-corrected chi connectivity index (χ3v) is 24.3. The van der Waals surface area contributed by atoms with Gasteiger partial charge in [0.25, 0.3) is 0 Å². The van der Waals surface area contributed by atoms with Crippen molar-refractivity contribution in [1.29, 1.82) is 0 Å². The Labute approximate surface area is 526 Å². The molecule has 2 saturated carbocycles. The zero-order chi connectivity index (χ0) is 67.7. The largest absolute Gasteiger partial charge is 0.550 e. The lowest BCUT2D eigenvalue weighted by molar-refractivity contribution is -0.322. The average Bonchev–Trinajstić information content (AvgIpc) is 0.806. The first-order valence-corrected chi connectivity index (χ1v) is 31.9. The molecule has 4 aromatic rings. The molecule has 2 fully saturated rings. The topological polar surface area (TPSA) is 178 Å². The monoisotopic (exact) mass is 1190 g/mol. The number of ketones is 1. The van der Waals surface area contributed by atoms with Crippen LogP contribution in [0.25, 0.3) is 11.5 Å². The number of hydrogen-bond acceptors (Lipinski definition) is 9. The van der Waals surface area contributed by atoms with Gasteiger partial charge in [-0.1, -0.05) is 104 Å². The molecule has 0 heterocycles. The van der Waals surface area contributed by atoms with Gasteiger partial charge in [0, 0.05) is 44.5 Å². The number of allylic oxidation sites excluding steroid dienone is 2. The van der Waals surface area contributed by atoms with Crippen LogP contribution >= 0.6 is 0 Å². The van der Waals surface area contributed by atoms with Crippen LogP contribution in [0.15, 0.2) is 11.1 Å². The molecule has 0 bridgehead atoms. The first-order chi connectivity index (χ1) is 39.5. The number of rotatable bonds is 10. The van der Waals surface area contributed by atoms with E-state index in [9.17, 15) is 44.7 Å². The van der Waals surface area contributed by atoms with Crippen molar-refractivity contribution in [3.8, 4) is 0 Å². The number of aliphatic hydroxyl groups is 2. The highest BCUT2D eigenvalue weighted by molar-refractivity contribution is 6.13. The predicted octanol–water partition coefficient (Wildman–Crippen LogP) is 15.6. The fourth-order valence-corrected chi connectivity index (χ4v) is 16.4. The molecular weight excluding hydrogens is 1080 g/mol. The van der Waals surface area contributed by atoms with Crippen molar-refractivity contribution in [3.63, 3.8) is 0 Å². The summed E-state index contributed by atoms with van der Waals surface area (Å²) in [7, 11) is 0. The van der Waals surface area contributed by atoms with Crippen LogP contribution in [0.1, 0.15) is 242 Å². The Morgan fingerprint density at radius 3 is 0.828 bits per heavy atom. The zero-order valence-electron chi connectivity index (χ0n) is 60.0. The van der Waals surface area contributed by atoms with Crippen LogP contribution in [0, 0.1) is 189 Å². The molecule has 2 aliphatic rings. The van der Waals surface area contributed by atoms with Gasteiger partial charge in [-0.25, -0.2) is 0 Å². The van der Waals surface area contributed by atoms with Crippen LogP contribution in [-0.2, 0) is 25.2 Å². The lowest BCUT2D eigenvalue weighted by Gasteiger charge is -2.51. The fourth-order valence-electron chi connectivity index (χ4n) is 16.4. The van der Waals surface area contributed by atoms with E-state index in [4.69, 9.17) is 0 Å². The Morgan fingerprint density at radius 1 is 0.299 bits per heavy atom. The van der Waals surface area contributed by atoms with Gasteiger partial charge in [0.2, 0.25) is 0 Å². The Kier molecular flexibility index (Phi) is 22.2. The van der Waals surface area contributed by atoms with Gasteiger partial charge < -0.3 is 39.9 Å². The summed E-state index contributed by atoms with van der Waals surface area (Å²) >= 11 is 0. The van der Waals surface area contributed by atoms with Gasteiger partial charge >= 0.3 is 0 Å². The van der Waals surface area contributed by atoms with E-state index in [0.29, 0.717) is 40.4 Å². The van der Waals surface area contributed by atoms with Crippen molar-refractivity contribution in [1.82, 2.24) is 0 Å². The van der Waals surface area contributed by atoms with Crippen LogP contribution in [0.2, 0.25) is 0 Å². The zero-order valence-corrected chi connectivity index (χ0v) is 60.0. The number of carbonyl (C=O) groups excluding carboxylic acids is 4. The van der Waals surface area contributed by atoms with E-state index >= 15 is 0 Å². The van der Waals surface area contributed by atoms with Crippen LogP contribution < -0.4 is 15.3 Å². The molecule has 9 nitrogen and oxygen atoms in total. The predicted molar refractivity (Wildman–Crippen MR) is 354 cm³/mol. The van der Waals surface area contributed by atoms with Gasteiger partial charge in [-0.15, -0.1) is 0 Å². The number of carboxylic acid groups (broad SMARTS) is 3. The third-order valence-electron chi connectivity index (χ3n) is 24.3. The van der Waals surface area contributed by atoms with Gasteiger partial charge in [0.05, 0.1) is 11.9 Å². The highest BCUT2D eigenvalue weighted by atomic mass is 16.4. The van der Waals surface area contributed by atoms with Gasteiger partial charge in [0.1, 0.15) is 11.5 Å². The van der Waals surface area contributed by atoms with E-state index < -0.39 is 34.2 Å². The number of aliphatic hydroxyl groups excluding tert-OH is 2. The molecule has 9 atom stereocenters. The Morgan fingerprint density at radius 2 is 0.529 bits per heavy atom. The molecule has 0 aromatic heterocycles. The molecule has 9 heteroatoms. The summed E-state index contributed by atoms with van der Waals surface area (Å²) in [5.74, 6) is 0.00454. The summed E-state index contributed by atoms with van der Waals surface area (Å²) in [4.78, 5) is 49.7. The van der Waals surface area contributed by atoms with E-state index in [1.165, 1.54) is 22.3 Å². The van der Waals surface area contributed by atoms with Crippen LogP contribution in [-0.4, -0.2) is 33.9 Å². The molecule has 0 saturated heterocycles. The van der Waals surface area contributed by atoms with Crippen molar-refractivity contribution >= 4 is 35.2 Å². The number of carbonyl (C=O) groups is 4. The van der Waals surface area contributed by atoms with Gasteiger partial charge in [-0.2, -0.15) is 0 Å². The van der Waals surface area contributed by atoms with Crippen LogP contribution in [0.4, 0.5) is 0 Å². The average molecular weight is 1190 g/mol. The maximum atomic E-state index is 13.9. The minimum Gasteiger partial charge on any atom is -0.550 e. The molecule has 0 amide bonds. The molecule has 2 aliphatic carbocycles. The van der Waals surface area contributed by atoms with Crippen molar-refractivity contribution in [3.05, 3.63) is 145 Å². The minimum atomic E-state index is -1.19. The second kappa shape index (κ2) is 26.2. The number of benzene rings is 4. The van der Waals surface area contributed by atoms with Crippen molar-refractivity contribution in [2.45, 2.75) is 239 Å². The maximum Gasteiger partial charge on any atom is 0.194 e. The Hall–Kier alpha value is -5.96. The Balaban J connectivity index is 0.000000279. The Bertz CT molecular complexity index is 3420. The van der Waals surface area contributed by atoms with Crippen LogP contribution in [0.3, 0.4) is 0 Å². The fraction of sp³-hybridized carbons (Fsp3) is 0.590. The molecule has 6 rings (SSSR count). The number of aliphatic carboxylic acids is 3. The molecule has 0 spiro atoms. The SMILES string of the molecule is Cc1c(C)c(C(O)=C2C(C)C(C)C(C)C(C)C2C)c(C)c(C(C)(C)C(=O)[O-])c1C.Cc1c(C)c(C)c(/C(O)=C2\C(C)C(C)C(C)C(C(C)(C)C(=O)[O-])C2C)c(C)c1C.Cc1c(C)c(C)c(C(=O)c2c(C)c(C)c(C)c(C(C)(C)C(=O)[O-])c2C)c(C)c1C. The molecule has 4 aromatic carbocycles. The molecule has 9 unspecified atom stereocenters. The normalized spacial score (nSPS) is 23.1. The summed E-state index contributed by atoms with van der Waals surface area (Å²) < 4.78 is 0. The lowest BCUT2D eigenvalue weighted by Crippen LogP contribution is -2.52. The van der Waals surface area contributed by atoms with Crippen LogP contribution in [0.5, 0.6) is 0 Å². The molecule has 2 N–H and O–H groups in total. The highest BCUT2D eigenvalue weighted by Gasteiger charge is 2.49. The van der Waals surface area contributed by atoms with E-state index in [1.54, 1.807) is 41.5 Å². The third kappa shape index (κ3) is 12.4. The second-order valence-electron chi connectivity index (χ2n) is 29.2. The quantitative estimate of drug-likeness (QED) is 0.115. The number of hydrogen-bond donors (Lipinski definition) is 2. The molecule has 0 radical (unpaired) electrons. The summed E-state index contributed by atoms with van der Waals surface area (Å²) in [6.07, 6.45) is 0. The summed E-state index contributed by atoms with van der Waals surface area (Å²) in [5.41, 5.74) is 22.1. The molecule has 87 heavy (non-hydrogen) atoms. The van der Waals surface area contributed by atoms with Gasteiger partial charge in [-0.3, -0.25) is 4.79 Å². The maximum absolute atomic E-state index is 13.9. The number of carboxylic acids is 3. The van der Waals surface area contributed by atoms with Crippen molar-refractivity contribution in [2.75, 3.05) is 0 Å². The first-order valence-electron chi connectivity index (χ1n) is 31.9. The first kappa shape index (κ1) is 73.5. The van der Waals surface area contributed by atoms with E-state index in [-0.39, 0.29) is 47.2 Å². The molecular formula is C78H111O9-3. The summed E-state index contributed by atoms with van der Waals surface area (Å²) in [6, 6.07) is 0. The lowest BCUT2D eigenvalue weighted by atomic mass is 9.54. The van der Waals surface area contributed by atoms with Gasteiger partial charge in [-0.05, 0) is 306 Å². The van der Waals surface area contributed by atoms with E-state index in [1.807, 2.05) is 69.2 Å². The van der Waals surface area contributed by atoms with E-state index in [0.717, 1.165) is 111 Å². The summed E-state index contributed by atoms with van der Waals surface area (Å²) in [5, 5.41) is 59.1. The van der Waals surface area contributed by atoms with Crippen molar-refractivity contribution in [2.24, 2.45) is 64.6 Å². The standard InChI is InChI=1S/2C26H40O3.C26H34O3/c3*1-12-13(2)16(5)21(17(6)14(12)3)24(27)22-18(7)15(4)19(8)23(20(22)9)26(10,11)25(28)29/h15,18-20,23,27H,1-11H3,(H,28,29);12-14,16-17,27H,1-11H3,(H,28,29);1-11H3,(H,28,29)/p-3/b24-22-;;. The summed E-state index contributed by atoms with van der Waals surface area (Å²) in [6.45, 7) is 66.5. The second-order valence-corrected chi connectivity index (χ2v) is 29.2. The van der Waals surface area contributed by atoms with Crippen molar-refractivity contribution < 1.29 is 44.7 Å². The molecule has 0 aliphatic heterocycles.